The van der Waals surface area contributed by atoms with Gasteiger partial charge in [0.05, 0.1) is 18.3 Å². The monoisotopic (exact) mass is 384 g/mol. The van der Waals surface area contributed by atoms with Gasteiger partial charge in [-0.15, -0.1) is 0 Å². The third kappa shape index (κ3) is 5.10. The van der Waals surface area contributed by atoms with Crippen molar-refractivity contribution in [3.8, 4) is 16.9 Å². The molecule has 1 fully saturated rings. The fourth-order valence-electron chi connectivity index (χ4n) is 3.64. The first-order chi connectivity index (χ1) is 13.6. The summed E-state index contributed by atoms with van der Waals surface area (Å²) in [5.74, 6) is -0.250. The molecule has 0 bridgehead atoms. The number of nitrogens with zero attached hydrogens (tertiary/aromatic N) is 1. The number of phenolic OH excluding ortho intramolecular Hbond substituents is 1. The summed E-state index contributed by atoms with van der Waals surface area (Å²) in [6.07, 6.45) is 1.13. The van der Waals surface area contributed by atoms with E-state index < -0.39 is 6.10 Å². The zero-order chi connectivity index (χ0) is 19.9. The molecular weight excluding hydrogens is 356 g/mol. The average Bonchev–Trinajstić information content (AvgIpc) is 2.70. The number of aliphatic hydroxyl groups is 1. The molecule has 2 aromatic carbocycles. The standard InChI is InChI=1S/C22H28N2O4/c1-28-15-18(25)14-24-12-10-17(11-13-24)23-22(27)20-9-5-8-19(21(20)26)16-6-3-2-4-7-16/h2-9,17-18,25-26H,10-15H2,1H3,(H,23,27). The molecule has 0 spiro atoms. The van der Waals surface area contributed by atoms with Gasteiger partial charge in [-0.25, -0.2) is 0 Å². The van der Waals surface area contributed by atoms with Crippen molar-refractivity contribution in [1.82, 2.24) is 10.2 Å². The van der Waals surface area contributed by atoms with Crippen LogP contribution in [0.4, 0.5) is 0 Å². The summed E-state index contributed by atoms with van der Waals surface area (Å²) in [7, 11) is 1.58. The van der Waals surface area contributed by atoms with E-state index in [4.69, 9.17) is 4.74 Å². The highest BCUT2D eigenvalue weighted by molar-refractivity contribution is 5.99. The van der Waals surface area contributed by atoms with Crippen LogP contribution in [0.25, 0.3) is 11.1 Å². The number of benzene rings is 2. The van der Waals surface area contributed by atoms with Crippen LogP contribution in [0.15, 0.2) is 48.5 Å². The number of carbonyl (C=O) groups excluding carboxylic acids is 1. The Kier molecular flexibility index (Phi) is 7.03. The van der Waals surface area contributed by atoms with Gasteiger partial charge in [0.25, 0.3) is 5.91 Å². The second-order valence-corrected chi connectivity index (χ2v) is 7.23. The first-order valence-electron chi connectivity index (χ1n) is 9.66. The zero-order valence-electron chi connectivity index (χ0n) is 16.2. The van der Waals surface area contributed by atoms with Gasteiger partial charge in [0.15, 0.2) is 0 Å². The molecule has 1 saturated heterocycles. The van der Waals surface area contributed by atoms with Crippen LogP contribution in [0.2, 0.25) is 0 Å². The van der Waals surface area contributed by atoms with E-state index in [1.54, 1.807) is 19.2 Å². The predicted molar refractivity (Wildman–Crippen MR) is 108 cm³/mol. The Morgan fingerprint density at radius 2 is 1.89 bits per heavy atom. The molecule has 1 amide bonds. The van der Waals surface area contributed by atoms with Crippen LogP contribution in [-0.4, -0.2) is 66.5 Å². The fourth-order valence-corrected chi connectivity index (χ4v) is 3.64. The quantitative estimate of drug-likeness (QED) is 0.682. The highest BCUT2D eigenvalue weighted by atomic mass is 16.5. The smallest absolute Gasteiger partial charge is 0.255 e. The second-order valence-electron chi connectivity index (χ2n) is 7.23. The van der Waals surface area contributed by atoms with Crippen LogP contribution in [0.3, 0.4) is 0 Å². The minimum Gasteiger partial charge on any atom is -0.506 e. The van der Waals surface area contributed by atoms with Gasteiger partial charge in [0, 0.05) is 38.3 Å². The molecule has 0 radical (unpaired) electrons. The number of ether oxygens (including phenoxy) is 1. The molecular formula is C22H28N2O4. The van der Waals surface area contributed by atoms with Crippen LogP contribution >= 0.6 is 0 Å². The molecule has 1 unspecified atom stereocenters. The molecule has 28 heavy (non-hydrogen) atoms. The predicted octanol–water partition coefficient (Wildman–Crippen LogP) is 2.26. The molecule has 1 heterocycles. The number of hydrogen-bond acceptors (Lipinski definition) is 5. The van der Waals surface area contributed by atoms with Crippen LogP contribution < -0.4 is 5.32 Å². The molecule has 6 heteroatoms. The third-order valence-corrected chi connectivity index (χ3v) is 5.12. The maximum Gasteiger partial charge on any atom is 0.255 e. The molecule has 3 N–H and O–H groups in total. The zero-order valence-corrected chi connectivity index (χ0v) is 16.2. The molecule has 0 aliphatic carbocycles. The number of para-hydroxylation sites is 1. The summed E-state index contributed by atoms with van der Waals surface area (Å²) < 4.78 is 4.96. The number of amides is 1. The number of likely N-dealkylation sites (tertiary alicyclic amines) is 1. The Balaban J connectivity index is 1.59. The number of phenols is 1. The Labute approximate surface area is 165 Å². The molecule has 6 nitrogen and oxygen atoms in total. The fraction of sp³-hybridized carbons (Fsp3) is 0.409. The second kappa shape index (κ2) is 9.68. The van der Waals surface area contributed by atoms with Crippen molar-refractivity contribution in [2.75, 3.05) is 33.4 Å². The molecule has 0 aromatic heterocycles. The van der Waals surface area contributed by atoms with E-state index in [0.29, 0.717) is 24.3 Å². The highest BCUT2D eigenvalue weighted by Gasteiger charge is 2.24. The van der Waals surface area contributed by atoms with Gasteiger partial charge in [0.1, 0.15) is 5.75 Å². The largest absolute Gasteiger partial charge is 0.506 e. The van der Waals surface area contributed by atoms with Crippen molar-refractivity contribution < 1.29 is 19.7 Å². The summed E-state index contributed by atoms with van der Waals surface area (Å²) >= 11 is 0. The number of aromatic hydroxyl groups is 1. The lowest BCUT2D eigenvalue weighted by Crippen LogP contribution is -2.47. The maximum atomic E-state index is 12.7. The Morgan fingerprint density at radius 1 is 1.18 bits per heavy atom. The average molecular weight is 384 g/mol. The third-order valence-electron chi connectivity index (χ3n) is 5.12. The first-order valence-corrected chi connectivity index (χ1v) is 9.66. The van der Waals surface area contributed by atoms with Crippen LogP contribution in [0.5, 0.6) is 5.75 Å². The lowest BCUT2D eigenvalue weighted by molar-refractivity contribution is 0.0309. The lowest BCUT2D eigenvalue weighted by atomic mass is 10.00. The number of carbonyl (C=O) groups is 1. The van der Waals surface area contributed by atoms with Gasteiger partial charge in [-0.3, -0.25) is 4.79 Å². The maximum absolute atomic E-state index is 12.7. The van der Waals surface area contributed by atoms with E-state index in [1.807, 2.05) is 36.4 Å². The summed E-state index contributed by atoms with van der Waals surface area (Å²) in [5.41, 5.74) is 1.81. The van der Waals surface area contributed by atoms with Crippen molar-refractivity contribution in [2.45, 2.75) is 25.0 Å². The molecule has 3 rings (SSSR count). The minimum absolute atomic E-state index is 0.00586. The van der Waals surface area contributed by atoms with Gasteiger partial charge in [-0.2, -0.15) is 0 Å². The van der Waals surface area contributed by atoms with Crippen molar-refractivity contribution >= 4 is 5.91 Å². The van der Waals surface area contributed by atoms with Gasteiger partial charge < -0.3 is 25.2 Å². The van der Waals surface area contributed by atoms with E-state index in [2.05, 4.69) is 10.2 Å². The van der Waals surface area contributed by atoms with E-state index >= 15 is 0 Å². The molecule has 0 saturated carbocycles. The first kappa shape index (κ1) is 20.3. The summed E-state index contributed by atoms with van der Waals surface area (Å²) in [5, 5.41) is 23.5. The number of piperidine rings is 1. The number of aliphatic hydroxyl groups excluding tert-OH is 1. The number of hydrogen-bond donors (Lipinski definition) is 3. The summed E-state index contributed by atoms with van der Waals surface area (Å²) in [6, 6.07) is 14.8. The number of rotatable bonds is 7. The number of methoxy groups -OCH3 is 1. The van der Waals surface area contributed by atoms with Gasteiger partial charge in [0.2, 0.25) is 0 Å². The Bertz CT molecular complexity index is 773. The van der Waals surface area contributed by atoms with Gasteiger partial charge in [-0.05, 0) is 24.5 Å². The SMILES string of the molecule is COCC(O)CN1CCC(NC(=O)c2cccc(-c3ccccc3)c2O)CC1. The van der Waals surface area contributed by atoms with Crippen LogP contribution in [-0.2, 0) is 4.74 Å². The molecule has 1 aliphatic rings. The molecule has 1 aliphatic heterocycles. The van der Waals surface area contributed by atoms with E-state index in [9.17, 15) is 15.0 Å². The number of β-amino-alcohol motifs (C(OH)–C–C–N with tert-alkyl or cyclic N) is 1. The van der Waals surface area contributed by atoms with Crippen molar-refractivity contribution in [2.24, 2.45) is 0 Å². The van der Waals surface area contributed by atoms with Crippen LogP contribution in [0.1, 0.15) is 23.2 Å². The lowest BCUT2D eigenvalue weighted by Gasteiger charge is -2.33. The van der Waals surface area contributed by atoms with E-state index in [-0.39, 0.29) is 17.7 Å². The minimum atomic E-state index is -0.492. The summed E-state index contributed by atoms with van der Waals surface area (Å²) in [4.78, 5) is 14.9. The summed E-state index contributed by atoms with van der Waals surface area (Å²) in [6.45, 7) is 2.52. The van der Waals surface area contributed by atoms with Crippen molar-refractivity contribution in [3.63, 3.8) is 0 Å². The normalized spacial score (nSPS) is 16.6. The highest BCUT2D eigenvalue weighted by Crippen LogP contribution is 2.32. The molecule has 1 atom stereocenters. The van der Waals surface area contributed by atoms with Crippen molar-refractivity contribution in [3.05, 3.63) is 54.1 Å². The van der Waals surface area contributed by atoms with E-state index in [0.717, 1.165) is 31.5 Å². The molecule has 2 aromatic rings. The van der Waals surface area contributed by atoms with E-state index in [1.165, 1.54) is 0 Å². The van der Waals surface area contributed by atoms with Gasteiger partial charge in [-0.1, -0.05) is 42.5 Å². The van der Waals surface area contributed by atoms with Crippen molar-refractivity contribution in [1.29, 1.82) is 0 Å². The van der Waals surface area contributed by atoms with Crippen LogP contribution in [0, 0.1) is 0 Å². The Morgan fingerprint density at radius 3 is 2.57 bits per heavy atom. The molecule has 150 valence electrons. The number of nitrogens with one attached hydrogen (secondary N) is 1. The topological polar surface area (TPSA) is 82.0 Å². The van der Waals surface area contributed by atoms with Gasteiger partial charge >= 0.3 is 0 Å². The Hall–Kier alpha value is -2.41.